The van der Waals surface area contributed by atoms with Crippen LogP contribution in [-0.4, -0.2) is 30.1 Å². The third-order valence-electron chi connectivity index (χ3n) is 3.90. The Labute approximate surface area is 151 Å². The van der Waals surface area contributed by atoms with Crippen LogP contribution in [0.3, 0.4) is 0 Å². The summed E-state index contributed by atoms with van der Waals surface area (Å²) in [6.45, 7) is 1.89. The van der Waals surface area contributed by atoms with E-state index in [2.05, 4.69) is 0 Å². The summed E-state index contributed by atoms with van der Waals surface area (Å²) in [4.78, 5) is 0.437. The minimum Gasteiger partial charge on any atom is -0.260 e. The fraction of sp³-hybridized carbons (Fsp3) is 0.176. The second-order valence-corrected chi connectivity index (χ2v) is 10.9. The Balaban J connectivity index is 2.04. The second kappa shape index (κ2) is 6.12. The van der Waals surface area contributed by atoms with Gasteiger partial charge in [0, 0.05) is 18.0 Å². The summed E-state index contributed by atoms with van der Waals surface area (Å²) in [6.07, 6.45) is 1.15. The van der Waals surface area contributed by atoms with E-state index in [9.17, 15) is 16.8 Å². The van der Waals surface area contributed by atoms with Crippen LogP contribution >= 0.6 is 11.3 Å². The van der Waals surface area contributed by atoms with Gasteiger partial charge in [-0.3, -0.25) is 4.31 Å². The highest BCUT2D eigenvalue weighted by Gasteiger charge is 2.23. The average Bonchev–Trinajstić information content (AvgIpc) is 2.96. The van der Waals surface area contributed by atoms with Gasteiger partial charge in [0.2, 0.25) is 0 Å². The molecule has 0 spiro atoms. The van der Waals surface area contributed by atoms with E-state index >= 15 is 0 Å². The van der Waals surface area contributed by atoms with Gasteiger partial charge in [-0.05, 0) is 42.6 Å². The Morgan fingerprint density at radius 2 is 1.48 bits per heavy atom. The highest BCUT2D eigenvalue weighted by Crippen LogP contribution is 2.35. The van der Waals surface area contributed by atoms with Crippen molar-refractivity contribution in [1.82, 2.24) is 0 Å². The summed E-state index contributed by atoms with van der Waals surface area (Å²) in [5, 5.41) is 1.33. The van der Waals surface area contributed by atoms with E-state index in [1.54, 1.807) is 42.5 Å². The summed E-state index contributed by atoms with van der Waals surface area (Å²) >= 11 is 1.24. The number of thiophene rings is 1. The number of rotatable bonds is 4. The van der Waals surface area contributed by atoms with Gasteiger partial charge in [0.05, 0.1) is 9.79 Å². The fourth-order valence-corrected chi connectivity index (χ4v) is 5.55. The Bertz CT molecular complexity index is 1140. The molecule has 0 aliphatic carbocycles. The predicted molar refractivity (Wildman–Crippen MR) is 102 cm³/mol. The molecule has 0 saturated carbocycles. The summed E-state index contributed by atoms with van der Waals surface area (Å²) in [5.74, 6) is 0. The molecule has 132 valence electrons. The molecule has 1 aromatic heterocycles. The molecule has 5 nitrogen and oxygen atoms in total. The number of sulfonamides is 1. The van der Waals surface area contributed by atoms with Gasteiger partial charge < -0.3 is 0 Å². The van der Waals surface area contributed by atoms with Crippen LogP contribution in [0.25, 0.3) is 10.1 Å². The first-order valence-corrected chi connectivity index (χ1v) is 11.5. The monoisotopic (exact) mass is 395 g/mol. The van der Waals surface area contributed by atoms with E-state index in [0.717, 1.165) is 21.9 Å². The first kappa shape index (κ1) is 17.9. The van der Waals surface area contributed by atoms with E-state index in [0.29, 0.717) is 5.00 Å². The number of hydrogen-bond acceptors (Lipinski definition) is 5. The van der Waals surface area contributed by atoms with Gasteiger partial charge in [-0.15, -0.1) is 11.3 Å². The van der Waals surface area contributed by atoms with Crippen LogP contribution in [0.2, 0.25) is 0 Å². The van der Waals surface area contributed by atoms with E-state index < -0.39 is 19.9 Å². The SMILES string of the molecule is Cc1ccc(S(=O)(=O)N(C)c2cc3ccc(S(C)(=O)=O)cc3s2)cc1. The van der Waals surface area contributed by atoms with E-state index in [-0.39, 0.29) is 9.79 Å². The molecule has 0 radical (unpaired) electrons. The lowest BCUT2D eigenvalue weighted by molar-refractivity contribution is 0.594. The van der Waals surface area contributed by atoms with E-state index in [1.165, 1.54) is 28.8 Å². The molecule has 0 bridgehead atoms. The third kappa shape index (κ3) is 3.42. The van der Waals surface area contributed by atoms with Crippen molar-refractivity contribution in [2.24, 2.45) is 0 Å². The first-order chi connectivity index (χ1) is 11.6. The molecule has 0 N–H and O–H groups in total. The number of nitrogens with zero attached hydrogens (tertiary/aromatic N) is 1. The third-order valence-corrected chi connectivity index (χ3v) is 8.08. The van der Waals surface area contributed by atoms with Crippen molar-refractivity contribution in [3.8, 4) is 0 Å². The van der Waals surface area contributed by atoms with Crippen molar-refractivity contribution in [3.63, 3.8) is 0 Å². The molecule has 0 aliphatic heterocycles. The van der Waals surface area contributed by atoms with E-state index in [4.69, 9.17) is 0 Å². The molecular weight excluding hydrogens is 378 g/mol. The Kier molecular flexibility index (Phi) is 4.38. The highest BCUT2D eigenvalue weighted by molar-refractivity contribution is 7.93. The number of sulfone groups is 1. The molecule has 3 rings (SSSR count). The van der Waals surface area contributed by atoms with Crippen molar-refractivity contribution < 1.29 is 16.8 Å². The standard InChI is InChI=1S/C17H17NO4S3/c1-12-4-7-14(8-5-12)25(21,22)18(2)17-10-13-6-9-15(24(3,19)20)11-16(13)23-17/h4-11H,1-3H3. The minimum absolute atomic E-state index is 0.217. The van der Waals surface area contributed by atoms with Crippen LogP contribution in [0, 0.1) is 6.92 Å². The van der Waals surface area contributed by atoms with Crippen molar-refractivity contribution in [1.29, 1.82) is 0 Å². The van der Waals surface area contributed by atoms with Crippen LogP contribution in [0.15, 0.2) is 58.3 Å². The van der Waals surface area contributed by atoms with E-state index in [1.807, 2.05) is 6.92 Å². The molecule has 25 heavy (non-hydrogen) atoms. The zero-order chi connectivity index (χ0) is 18.4. The summed E-state index contributed by atoms with van der Waals surface area (Å²) in [5.41, 5.74) is 0.983. The molecule has 0 amide bonds. The Hall–Kier alpha value is -1.90. The van der Waals surface area contributed by atoms with Gasteiger partial charge in [0.25, 0.3) is 10.0 Å². The molecule has 0 aliphatic rings. The topological polar surface area (TPSA) is 71.5 Å². The van der Waals surface area contributed by atoms with Crippen molar-refractivity contribution in [2.75, 3.05) is 17.6 Å². The fourth-order valence-electron chi connectivity index (χ4n) is 2.37. The number of anilines is 1. The number of fused-ring (bicyclic) bond motifs is 1. The van der Waals surface area contributed by atoms with Crippen molar-refractivity contribution >= 4 is 46.3 Å². The smallest absolute Gasteiger partial charge is 0.260 e. The summed E-state index contributed by atoms with van der Waals surface area (Å²) < 4.78 is 50.9. The molecule has 8 heteroatoms. The minimum atomic E-state index is -3.67. The lowest BCUT2D eigenvalue weighted by Crippen LogP contribution is -2.25. The number of benzene rings is 2. The van der Waals surface area contributed by atoms with Gasteiger partial charge in [-0.25, -0.2) is 16.8 Å². The summed E-state index contributed by atoms with van der Waals surface area (Å²) in [7, 11) is -5.48. The predicted octanol–water partition coefficient (Wildman–Crippen LogP) is 3.44. The van der Waals surface area contributed by atoms with Crippen LogP contribution in [-0.2, 0) is 19.9 Å². The maximum Gasteiger partial charge on any atom is 0.264 e. The van der Waals surface area contributed by atoms with Crippen LogP contribution < -0.4 is 4.31 Å². The maximum absolute atomic E-state index is 12.8. The molecule has 3 aromatic rings. The number of aryl methyl sites for hydroxylation is 1. The quantitative estimate of drug-likeness (QED) is 0.678. The molecule has 2 aromatic carbocycles. The normalized spacial score (nSPS) is 12.4. The molecule has 0 unspecified atom stereocenters. The van der Waals surface area contributed by atoms with Gasteiger partial charge >= 0.3 is 0 Å². The van der Waals surface area contributed by atoms with Gasteiger partial charge in [-0.1, -0.05) is 23.8 Å². The van der Waals surface area contributed by atoms with Gasteiger partial charge in [0.15, 0.2) is 9.84 Å². The van der Waals surface area contributed by atoms with Crippen molar-refractivity contribution in [3.05, 3.63) is 54.1 Å². The largest absolute Gasteiger partial charge is 0.264 e. The lowest BCUT2D eigenvalue weighted by Gasteiger charge is -2.17. The van der Waals surface area contributed by atoms with Crippen LogP contribution in [0.5, 0.6) is 0 Å². The Morgan fingerprint density at radius 1 is 0.880 bits per heavy atom. The van der Waals surface area contributed by atoms with Gasteiger partial charge in [-0.2, -0.15) is 0 Å². The average molecular weight is 396 g/mol. The molecule has 0 saturated heterocycles. The van der Waals surface area contributed by atoms with Crippen molar-refractivity contribution in [2.45, 2.75) is 16.7 Å². The Morgan fingerprint density at radius 3 is 2.08 bits per heavy atom. The molecule has 0 fully saturated rings. The highest BCUT2D eigenvalue weighted by atomic mass is 32.2. The maximum atomic E-state index is 12.8. The molecular formula is C17H17NO4S3. The molecule has 1 heterocycles. The number of hydrogen-bond donors (Lipinski definition) is 0. The lowest BCUT2D eigenvalue weighted by atomic mass is 10.2. The first-order valence-electron chi connectivity index (χ1n) is 7.38. The summed E-state index contributed by atoms with van der Waals surface area (Å²) in [6, 6.07) is 13.2. The molecule has 0 atom stereocenters. The van der Waals surface area contributed by atoms with Crippen LogP contribution in [0.4, 0.5) is 5.00 Å². The van der Waals surface area contributed by atoms with Gasteiger partial charge in [0.1, 0.15) is 5.00 Å². The zero-order valence-electron chi connectivity index (χ0n) is 13.9. The van der Waals surface area contributed by atoms with Crippen LogP contribution in [0.1, 0.15) is 5.56 Å². The second-order valence-electron chi connectivity index (χ2n) is 5.84. The zero-order valence-corrected chi connectivity index (χ0v) is 16.4.